The minimum absolute atomic E-state index is 0.0640. The quantitative estimate of drug-likeness (QED) is 0.468. The van der Waals surface area contributed by atoms with Gasteiger partial charge in [0.25, 0.3) is 0 Å². The molecule has 8 nitrogen and oxygen atoms in total. The van der Waals surface area contributed by atoms with E-state index in [1.807, 2.05) is 6.07 Å². The van der Waals surface area contributed by atoms with E-state index in [0.717, 1.165) is 0 Å². The first kappa shape index (κ1) is 25.9. The fourth-order valence-corrected chi connectivity index (χ4v) is 3.28. The van der Waals surface area contributed by atoms with Crippen LogP contribution in [0.2, 0.25) is 0 Å². The number of carbonyl (C=O) groups excluding carboxylic acids is 2. The van der Waals surface area contributed by atoms with Gasteiger partial charge in [-0.05, 0) is 37.6 Å². The smallest absolute Gasteiger partial charge is 0.332 e. The summed E-state index contributed by atoms with van der Waals surface area (Å²) in [6.07, 6.45) is 2.04. The van der Waals surface area contributed by atoms with Gasteiger partial charge in [0, 0.05) is 36.7 Å². The summed E-state index contributed by atoms with van der Waals surface area (Å²) in [5.41, 5.74) is 0.548. The fourth-order valence-electron chi connectivity index (χ4n) is 3.28. The van der Waals surface area contributed by atoms with E-state index >= 15 is 0 Å². The highest BCUT2D eigenvalue weighted by Gasteiger charge is 2.44. The first-order valence-corrected chi connectivity index (χ1v) is 12.6. The van der Waals surface area contributed by atoms with Gasteiger partial charge in [-0.2, -0.15) is 5.26 Å². The number of amides is 2. The van der Waals surface area contributed by atoms with Crippen LogP contribution in [-0.4, -0.2) is 47.8 Å². The average Bonchev–Trinajstić information content (AvgIpc) is 3.52. The summed E-state index contributed by atoms with van der Waals surface area (Å²) in [6.45, 7) is 7.16. The molecule has 1 aliphatic rings. The van der Waals surface area contributed by atoms with Crippen molar-refractivity contribution in [1.29, 1.82) is 5.26 Å². The van der Waals surface area contributed by atoms with Crippen LogP contribution in [0.1, 0.15) is 54.1 Å². The summed E-state index contributed by atoms with van der Waals surface area (Å²) >= 11 is 0. The molecule has 2 aromatic rings. The molecule has 0 saturated heterocycles. The third-order valence-electron chi connectivity index (χ3n) is 4.97. The zero-order chi connectivity index (χ0) is 24.7. The van der Waals surface area contributed by atoms with Crippen LogP contribution in [-0.2, 0) is 4.57 Å². The standard InChI is InChI=1S/C21H21FN4O3.C2H6OP/c1-3-17(27)13-6-7-15(22)19(20(13)28)14-9-16(14)25-21(29)26(4-2)18-8-5-12(10-23)11-24-18;1-4(2)3/h5-8,11,14,16,28H,3-4,9H2,1-2H3,(H,25,29);1-2H3/q;+1/t14-,16+;/m1./s1. The molecule has 1 fully saturated rings. The van der Waals surface area contributed by atoms with Crippen molar-refractivity contribution >= 4 is 25.4 Å². The summed E-state index contributed by atoms with van der Waals surface area (Å²) in [5.74, 6) is -1.23. The van der Waals surface area contributed by atoms with Crippen molar-refractivity contribution in [2.45, 2.75) is 38.6 Å². The third kappa shape index (κ3) is 6.56. The highest BCUT2D eigenvalue weighted by molar-refractivity contribution is 7.42. The lowest BCUT2D eigenvalue weighted by Gasteiger charge is -2.20. The first-order valence-electron chi connectivity index (χ1n) is 10.5. The van der Waals surface area contributed by atoms with E-state index in [0.29, 0.717) is 24.3 Å². The summed E-state index contributed by atoms with van der Waals surface area (Å²) in [7, 11) is -0.870. The SMILES string of the molecule is CCC(=O)c1ccc(F)c([C@@H]2C[C@@H]2NC(=O)N(CC)c2ccc(C#N)cn2)c1O.C[P+](C)=O. The maximum atomic E-state index is 14.3. The number of phenols is 1. The number of phenolic OH excluding ortho intramolecular Hbond substituents is 1. The van der Waals surface area contributed by atoms with Crippen molar-refractivity contribution < 1.29 is 23.7 Å². The molecule has 0 bridgehead atoms. The van der Waals surface area contributed by atoms with E-state index in [4.69, 9.17) is 5.26 Å². The van der Waals surface area contributed by atoms with Crippen LogP contribution in [0.15, 0.2) is 30.5 Å². The molecule has 2 atom stereocenters. The molecular formula is C23H27FN4O4P+. The molecule has 2 N–H and O–H groups in total. The number of halogens is 1. The second kappa shape index (κ2) is 11.5. The predicted molar refractivity (Wildman–Crippen MR) is 124 cm³/mol. The maximum Gasteiger partial charge on any atom is 0.332 e. The number of rotatable bonds is 6. The van der Waals surface area contributed by atoms with Gasteiger partial charge in [0.1, 0.15) is 36.8 Å². The molecule has 2 amide bonds. The molecule has 1 aromatic carbocycles. The molecule has 33 heavy (non-hydrogen) atoms. The Labute approximate surface area is 193 Å². The van der Waals surface area contributed by atoms with Crippen LogP contribution in [0.5, 0.6) is 5.75 Å². The zero-order valence-electron chi connectivity index (χ0n) is 19.0. The summed E-state index contributed by atoms with van der Waals surface area (Å²) in [5, 5.41) is 22.1. The number of hydrogen-bond acceptors (Lipinski definition) is 6. The van der Waals surface area contributed by atoms with Gasteiger partial charge in [-0.25, -0.2) is 14.2 Å². The molecule has 1 aliphatic carbocycles. The lowest BCUT2D eigenvalue weighted by Crippen LogP contribution is -2.41. The average molecular weight is 473 g/mol. The van der Waals surface area contributed by atoms with E-state index in [9.17, 15) is 23.7 Å². The fraction of sp³-hybridized carbons (Fsp3) is 0.391. The monoisotopic (exact) mass is 473 g/mol. The van der Waals surface area contributed by atoms with Crippen LogP contribution < -0.4 is 10.2 Å². The van der Waals surface area contributed by atoms with Gasteiger partial charge in [0.05, 0.1) is 11.1 Å². The Morgan fingerprint density at radius 3 is 2.48 bits per heavy atom. The Balaban J connectivity index is 0.000000890. The maximum absolute atomic E-state index is 14.3. The van der Waals surface area contributed by atoms with Crippen LogP contribution >= 0.6 is 7.80 Å². The molecule has 0 unspecified atom stereocenters. The van der Waals surface area contributed by atoms with E-state index in [2.05, 4.69) is 10.3 Å². The van der Waals surface area contributed by atoms with Gasteiger partial charge in [-0.15, -0.1) is 0 Å². The number of aromatic nitrogens is 1. The van der Waals surface area contributed by atoms with Crippen molar-refractivity contribution in [2.24, 2.45) is 0 Å². The molecule has 1 saturated carbocycles. The summed E-state index contributed by atoms with van der Waals surface area (Å²) in [6, 6.07) is 6.82. The van der Waals surface area contributed by atoms with Crippen LogP contribution in [0, 0.1) is 17.1 Å². The van der Waals surface area contributed by atoms with Crippen molar-refractivity contribution in [3.63, 3.8) is 0 Å². The molecule has 0 spiro atoms. The topological polar surface area (TPSA) is 123 Å². The summed E-state index contributed by atoms with van der Waals surface area (Å²) < 4.78 is 23.9. The number of Topliss-reactive ketones (excluding diaryl/α,β-unsaturated/α-hetero) is 1. The normalized spacial score (nSPS) is 16.0. The van der Waals surface area contributed by atoms with Crippen molar-refractivity contribution in [1.82, 2.24) is 10.3 Å². The number of aromatic hydroxyl groups is 1. The highest BCUT2D eigenvalue weighted by Crippen LogP contribution is 2.47. The number of hydrogen-bond donors (Lipinski definition) is 2. The van der Waals surface area contributed by atoms with Crippen LogP contribution in [0.4, 0.5) is 15.0 Å². The predicted octanol–water partition coefficient (Wildman–Crippen LogP) is 4.56. The third-order valence-corrected chi connectivity index (χ3v) is 4.97. The van der Waals surface area contributed by atoms with Crippen molar-refractivity contribution in [3.8, 4) is 11.8 Å². The van der Waals surface area contributed by atoms with E-state index in [1.54, 1.807) is 39.3 Å². The minimum Gasteiger partial charge on any atom is -0.507 e. The number of nitrogens with zero attached hydrogens (tertiary/aromatic N) is 3. The number of carbonyl (C=O) groups is 2. The molecule has 0 aliphatic heterocycles. The molecule has 3 rings (SSSR count). The zero-order valence-corrected chi connectivity index (χ0v) is 19.9. The Bertz CT molecular complexity index is 1080. The molecule has 0 radical (unpaired) electrons. The number of ketones is 1. The lowest BCUT2D eigenvalue weighted by atomic mass is 10.00. The highest BCUT2D eigenvalue weighted by atomic mass is 31.1. The second-order valence-corrected chi connectivity index (χ2v) is 9.23. The van der Waals surface area contributed by atoms with E-state index in [-0.39, 0.29) is 35.1 Å². The van der Waals surface area contributed by atoms with Crippen LogP contribution in [0.25, 0.3) is 0 Å². The van der Waals surface area contributed by atoms with Gasteiger partial charge < -0.3 is 10.4 Å². The Morgan fingerprint density at radius 2 is 1.97 bits per heavy atom. The van der Waals surface area contributed by atoms with Crippen LogP contribution in [0.3, 0.4) is 0 Å². The largest absolute Gasteiger partial charge is 0.507 e. The number of benzene rings is 1. The minimum atomic E-state index is -0.870. The van der Waals surface area contributed by atoms with Gasteiger partial charge in [0.2, 0.25) is 0 Å². The second-order valence-electron chi connectivity index (χ2n) is 7.61. The summed E-state index contributed by atoms with van der Waals surface area (Å²) in [4.78, 5) is 30.1. The Hall–Kier alpha value is -3.37. The van der Waals surface area contributed by atoms with Gasteiger partial charge in [-0.3, -0.25) is 9.69 Å². The molecule has 10 heteroatoms. The molecular weight excluding hydrogens is 446 g/mol. The Morgan fingerprint density at radius 1 is 1.30 bits per heavy atom. The van der Waals surface area contributed by atoms with Gasteiger partial charge >= 0.3 is 13.8 Å². The van der Waals surface area contributed by atoms with Gasteiger partial charge in [-0.1, -0.05) is 11.5 Å². The molecule has 1 aromatic heterocycles. The number of nitriles is 1. The van der Waals surface area contributed by atoms with Gasteiger partial charge in [0.15, 0.2) is 5.78 Å². The number of anilines is 1. The number of urea groups is 1. The van der Waals surface area contributed by atoms with Crippen molar-refractivity contribution in [3.05, 3.63) is 53.0 Å². The lowest BCUT2D eigenvalue weighted by molar-refractivity contribution is 0.0985. The molecule has 174 valence electrons. The Kier molecular flexibility index (Phi) is 9.01. The first-order chi connectivity index (χ1) is 15.6. The van der Waals surface area contributed by atoms with Crippen molar-refractivity contribution in [2.75, 3.05) is 24.8 Å². The number of nitrogens with one attached hydrogen (secondary N) is 1. The number of pyridine rings is 1. The van der Waals surface area contributed by atoms with E-state index in [1.165, 1.54) is 23.2 Å². The molecule has 1 heterocycles. The van der Waals surface area contributed by atoms with E-state index < -0.39 is 25.6 Å².